The monoisotopic (exact) mass is 580 g/mol. The van der Waals surface area contributed by atoms with Crippen LogP contribution >= 0.6 is 0 Å². The molecule has 2 nitrogen and oxygen atoms in total. The van der Waals surface area contributed by atoms with Gasteiger partial charge < -0.3 is 5.73 Å². The lowest BCUT2D eigenvalue weighted by Crippen LogP contribution is -2.15. The van der Waals surface area contributed by atoms with Crippen LogP contribution in [0.15, 0.2) is 187 Å². The van der Waals surface area contributed by atoms with Crippen LogP contribution in [0.4, 0.5) is 0 Å². The number of benzene rings is 6. The van der Waals surface area contributed by atoms with Crippen molar-refractivity contribution < 1.29 is 0 Å². The SMILES string of the molecule is C=C(/C(C)=C\C(N=C(N)c1cccc(-c2ccccc2)c1)c1cccc(-c2ccccc2)c1)c1cccc(-c2ccccc2)c1. The molecule has 0 aliphatic carbocycles. The Morgan fingerprint density at radius 3 is 1.49 bits per heavy atom. The van der Waals surface area contributed by atoms with Crippen molar-refractivity contribution in [2.45, 2.75) is 13.0 Å². The molecule has 2 N–H and O–H groups in total. The molecule has 0 aromatic heterocycles. The lowest BCUT2D eigenvalue weighted by Gasteiger charge is -2.16. The predicted octanol–water partition coefficient (Wildman–Crippen LogP) is 10.8. The highest BCUT2D eigenvalue weighted by molar-refractivity contribution is 5.98. The average molecular weight is 581 g/mol. The van der Waals surface area contributed by atoms with Crippen LogP contribution in [0.2, 0.25) is 0 Å². The number of nitrogens with zero attached hydrogens (tertiary/aromatic N) is 1. The van der Waals surface area contributed by atoms with Crippen molar-refractivity contribution in [2.24, 2.45) is 10.7 Å². The highest BCUT2D eigenvalue weighted by Crippen LogP contribution is 2.32. The van der Waals surface area contributed by atoms with Crippen molar-refractivity contribution in [3.63, 3.8) is 0 Å². The first-order valence-corrected chi connectivity index (χ1v) is 15.2. The van der Waals surface area contributed by atoms with E-state index in [1.165, 1.54) is 5.56 Å². The molecular formula is C43H36N2. The Hall–Kier alpha value is -5.73. The summed E-state index contributed by atoms with van der Waals surface area (Å²) in [5.41, 5.74) is 18.7. The minimum absolute atomic E-state index is 0.317. The van der Waals surface area contributed by atoms with Gasteiger partial charge in [0.2, 0.25) is 0 Å². The van der Waals surface area contributed by atoms with E-state index < -0.39 is 0 Å². The van der Waals surface area contributed by atoms with E-state index in [0.717, 1.165) is 55.7 Å². The second-order valence-electron chi connectivity index (χ2n) is 11.2. The maximum Gasteiger partial charge on any atom is 0.126 e. The molecule has 45 heavy (non-hydrogen) atoms. The van der Waals surface area contributed by atoms with Gasteiger partial charge in [0.05, 0.1) is 6.04 Å². The Bertz CT molecular complexity index is 1970. The van der Waals surface area contributed by atoms with Gasteiger partial charge in [-0.25, -0.2) is 0 Å². The van der Waals surface area contributed by atoms with E-state index in [-0.39, 0.29) is 6.04 Å². The van der Waals surface area contributed by atoms with Gasteiger partial charge in [-0.3, -0.25) is 4.99 Å². The van der Waals surface area contributed by atoms with Gasteiger partial charge in [0.1, 0.15) is 5.84 Å². The number of aliphatic imine (C=N–C) groups is 1. The summed E-state index contributed by atoms with van der Waals surface area (Å²) in [5, 5.41) is 0. The van der Waals surface area contributed by atoms with Gasteiger partial charge in [-0.1, -0.05) is 158 Å². The van der Waals surface area contributed by atoms with Crippen molar-refractivity contribution in [1.82, 2.24) is 0 Å². The summed E-state index contributed by atoms with van der Waals surface area (Å²) < 4.78 is 0. The zero-order valence-corrected chi connectivity index (χ0v) is 25.5. The highest BCUT2D eigenvalue weighted by Gasteiger charge is 2.14. The zero-order chi connectivity index (χ0) is 31.0. The topological polar surface area (TPSA) is 38.4 Å². The molecule has 0 aliphatic rings. The van der Waals surface area contributed by atoms with Crippen LogP contribution < -0.4 is 5.73 Å². The molecule has 6 aromatic rings. The molecule has 0 saturated heterocycles. The van der Waals surface area contributed by atoms with Gasteiger partial charge in [-0.2, -0.15) is 0 Å². The number of hydrogen-bond acceptors (Lipinski definition) is 1. The lowest BCUT2D eigenvalue weighted by molar-refractivity contribution is 0.903. The van der Waals surface area contributed by atoms with Gasteiger partial charge >= 0.3 is 0 Å². The standard InChI is InChI=1S/C43H36N2/c1-31(32(2)36-21-12-22-37(28-36)33-15-6-3-7-16-33)27-42(40-25-13-23-38(29-40)34-17-8-4-9-18-34)45-43(44)41-26-14-24-39(30-41)35-19-10-5-11-20-35/h3-30,42H,2H2,1H3,(H2,44,45)/b31-27-. The molecule has 0 amide bonds. The molecule has 0 radical (unpaired) electrons. The Kier molecular flexibility index (Phi) is 8.94. The van der Waals surface area contributed by atoms with Crippen LogP contribution in [0.5, 0.6) is 0 Å². The van der Waals surface area contributed by atoms with Crippen molar-refractivity contribution in [3.8, 4) is 33.4 Å². The first kappa shape index (κ1) is 29.3. The zero-order valence-electron chi connectivity index (χ0n) is 25.5. The Labute approximate surface area is 266 Å². The Morgan fingerprint density at radius 2 is 0.956 bits per heavy atom. The van der Waals surface area contributed by atoms with Crippen LogP contribution in [0.3, 0.4) is 0 Å². The quantitative estimate of drug-likeness (QED) is 0.103. The number of hydrogen-bond donors (Lipinski definition) is 1. The van der Waals surface area contributed by atoms with Gasteiger partial charge in [0.15, 0.2) is 0 Å². The highest BCUT2D eigenvalue weighted by atomic mass is 14.9. The summed E-state index contributed by atoms with van der Waals surface area (Å²) in [5.74, 6) is 0.489. The smallest absolute Gasteiger partial charge is 0.126 e. The second-order valence-corrected chi connectivity index (χ2v) is 11.2. The molecule has 1 atom stereocenters. The van der Waals surface area contributed by atoms with Crippen molar-refractivity contribution >= 4 is 11.4 Å². The van der Waals surface area contributed by atoms with E-state index in [0.29, 0.717) is 5.84 Å². The van der Waals surface area contributed by atoms with Gasteiger partial charge in [-0.15, -0.1) is 0 Å². The van der Waals surface area contributed by atoms with Crippen molar-refractivity contribution in [3.05, 3.63) is 199 Å². The van der Waals surface area contributed by atoms with Crippen LogP contribution in [0.1, 0.15) is 29.7 Å². The fourth-order valence-corrected chi connectivity index (χ4v) is 5.54. The van der Waals surface area contributed by atoms with Crippen LogP contribution in [-0.2, 0) is 0 Å². The molecule has 0 spiro atoms. The van der Waals surface area contributed by atoms with Crippen LogP contribution in [-0.4, -0.2) is 5.84 Å². The number of rotatable bonds is 9. The van der Waals surface area contributed by atoms with E-state index in [1.54, 1.807) is 0 Å². The summed E-state index contributed by atoms with van der Waals surface area (Å²) in [6.45, 7) is 6.61. The largest absolute Gasteiger partial charge is 0.383 e. The first-order chi connectivity index (χ1) is 22.0. The normalized spacial score (nSPS) is 12.5. The lowest BCUT2D eigenvalue weighted by atomic mass is 9.93. The third kappa shape index (κ3) is 7.09. The second kappa shape index (κ2) is 13.7. The molecule has 2 heteroatoms. The third-order valence-corrected chi connectivity index (χ3v) is 8.08. The predicted molar refractivity (Wildman–Crippen MR) is 192 cm³/mol. The molecule has 0 bridgehead atoms. The summed E-state index contributed by atoms with van der Waals surface area (Å²) in [4.78, 5) is 5.14. The maximum atomic E-state index is 6.77. The van der Waals surface area contributed by atoms with Crippen LogP contribution in [0.25, 0.3) is 39.0 Å². The van der Waals surface area contributed by atoms with Gasteiger partial charge in [0, 0.05) is 5.56 Å². The summed E-state index contributed by atoms with van der Waals surface area (Å²) in [7, 11) is 0. The summed E-state index contributed by atoms with van der Waals surface area (Å²) in [6, 6.07) is 56.2. The van der Waals surface area contributed by atoms with E-state index >= 15 is 0 Å². The minimum Gasteiger partial charge on any atom is -0.383 e. The maximum absolute atomic E-state index is 6.77. The van der Waals surface area contributed by atoms with Gasteiger partial charge in [0.25, 0.3) is 0 Å². The third-order valence-electron chi connectivity index (χ3n) is 8.08. The van der Waals surface area contributed by atoms with E-state index in [1.807, 2.05) is 42.5 Å². The van der Waals surface area contributed by atoms with Crippen LogP contribution in [0, 0.1) is 0 Å². The number of nitrogens with two attached hydrogens (primary N) is 1. The Morgan fingerprint density at radius 1 is 0.533 bits per heavy atom. The van der Waals surface area contributed by atoms with E-state index in [4.69, 9.17) is 10.7 Å². The first-order valence-electron chi connectivity index (χ1n) is 15.2. The number of amidine groups is 1. The molecule has 0 fully saturated rings. The molecule has 218 valence electrons. The molecule has 0 heterocycles. The number of allylic oxidation sites excluding steroid dienone is 2. The van der Waals surface area contributed by atoms with Crippen molar-refractivity contribution in [1.29, 1.82) is 0 Å². The summed E-state index contributed by atoms with van der Waals surface area (Å²) >= 11 is 0. The average Bonchev–Trinajstić information content (AvgIpc) is 3.12. The van der Waals surface area contributed by atoms with Gasteiger partial charge in [-0.05, 0) is 80.8 Å². The molecule has 1 unspecified atom stereocenters. The Balaban J connectivity index is 1.39. The molecule has 0 aliphatic heterocycles. The molecular weight excluding hydrogens is 544 g/mol. The molecule has 0 saturated carbocycles. The fraction of sp³-hybridized carbons (Fsp3) is 0.0465. The fourth-order valence-electron chi connectivity index (χ4n) is 5.54. The summed E-state index contributed by atoms with van der Waals surface area (Å²) in [6.07, 6.45) is 2.18. The van der Waals surface area contributed by atoms with E-state index in [2.05, 4.69) is 141 Å². The minimum atomic E-state index is -0.317. The van der Waals surface area contributed by atoms with E-state index in [9.17, 15) is 0 Å². The molecule has 6 rings (SSSR count). The van der Waals surface area contributed by atoms with Crippen molar-refractivity contribution in [2.75, 3.05) is 0 Å². The molecule has 6 aromatic carbocycles.